The molecule has 0 unspecified atom stereocenters. The van der Waals surface area contributed by atoms with Gasteiger partial charge in [0.2, 0.25) is 11.8 Å². The molecule has 0 bridgehead atoms. The third-order valence-corrected chi connectivity index (χ3v) is 13.2. The Morgan fingerprint density at radius 1 is 0.933 bits per heavy atom. The number of aromatic nitrogens is 4. The van der Waals surface area contributed by atoms with Gasteiger partial charge in [0.1, 0.15) is 23.4 Å². The summed E-state index contributed by atoms with van der Waals surface area (Å²) in [6, 6.07) is 14.9. The zero-order valence-corrected chi connectivity index (χ0v) is 34.0. The zero-order chi connectivity index (χ0) is 41.9. The minimum absolute atomic E-state index is 0.0603. The molecule has 16 heteroatoms. The molecule has 9 rings (SSSR count). The molecular formula is C44H48F2N10O4. The molecule has 5 aromatic rings. The minimum Gasteiger partial charge on any atom is -0.374 e. The van der Waals surface area contributed by atoms with Crippen molar-refractivity contribution in [2.24, 2.45) is 0 Å². The minimum atomic E-state index is -1.00. The number of benzene rings is 2. The van der Waals surface area contributed by atoms with Crippen LogP contribution in [0.1, 0.15) is 91.5 Å². The zero-order valence-electron chi connectivity index (χ0n) is 34.0. The van der Waals surface area contributed by atoms with E-state index in [1.807, 2.05) is 30.9 Å². The topological polar surface area (TPSA) is 153 Å². The molecule has 3 aromatic heterocycles. The number of nitrogens with one attached hydrogen (secondary N) is 2. The van der Waals surface area contributed by atoms with Crippen LogP contribution in [0.5, 0.6) is 0 Å². The molecule has 1 saturated carbocycles. The second kappa shape index (κ2) is 15.7. The van der Waals surface area contributed by atoms with Crippen molar-refractivity contribution in [3.8, 4) is 6.07 Å². The highest BCUT2D eigenvalue weighted by Crippen LogP contribution is 2.38. The van der Waals surface area contributed by atoms with E-state index >= 15 is 8.78 Å². The Bertz CT molecular complexity index is 2520. The lowest BCUT2D eigenvalue weighted by molar-refractivity contribution is -0.134. The van der Waals surface area contributed by atoms with Crippen molar-refractivity contribution in [1.29, 1.82) is 5.26 Å². The number of fused-ring (bicyclic) bond motifs is 2. The van der Waals surface area contributed by atoms with Crippen molar-refractivity contribution < 1.29 is 27.9 Å². The Kier molecular flexibility index (Phi) is 10.4. The molecule has 3 saturated heterocycles. The number of nitrogens with zero attached hydrogens (tertiary/aromatic N) is 8. The summed E-state index contributed by atoms with van der Waals surface area (Å²) >= 11 is 0. The first-order chi connectivity index (χ1) is 28.9. The Hall–Kier alpha value is -5.76. The molecule has 3 aliphatic heterocycles. The van der Waals surface area contributed by atoms with Crippen LogP contribution in [0.2, 0.25) is 0 Å². The quantitative estimate of drug-likeness (QED) is 0.183. The fourth-order valence-electron chi connectivity index (χ4n) is 9.52. The number of anilines is 2. The lowest BCUT2D eigenvalue weighted by Gasteiger charge is -2.50. The highest BCUT2D eigenvalue weighted by Gasteiger charge is 2.38. The normalized spacial score (nSPS) is 22.2. The maximum Gasteiger partial charge on any atom is 0.274 e. The molecule has 2 N–H and O–H groups in total. The number of nitriles is 1. The summed E-state index contributed by atoms with van der Waals surface area (Å²) in [5.41, 5.74) is 3.18. The van der Waals surface area contributed by atoms with E-state index in [1.165, 1.54) is 22.8 Å². The first kappa shape index (κ1) is 39.7. The van der Waals surface area contributed by atoms with Gasteiger partial charge in [0.05, 0.1) is 40.4 Å². The van der Waals surface area contributed by atoms with E-state index in [-0.39, 0.29) is 30.4 Å². The number of methoxy groups -OCH3 is 1. The van der Waals surface area contributed by atoms with Crippen LogP contribution in [0.4, 0.5) is 20.2 Å². The van der Waals surface area contributed by atoms with Gasteiger partial charge in [-0.05, 0) is 88.4 Å². The van der Waals surface area contributed by atoms with Crippen LogP contribution in [0.3, 0.4) is 0 Å². The monoisotopic (exact) mass is 818 g/mol. The summed E-state index contributed by atoms with van der Waals surface area (Å²) in [5.74, 6) is -3.90. The average Bonchev–Trinajstić information content (AvgIpc) is 3.85. The molecule has 14 nitrogen and oxygen atoms in total. The van der Waals surface area contributed by atoms with Gasteiger partial charge in [-0.15, -0.1) is 0 Å². The summed E-state index contributed by atoms with van der Waals surface area (Å²) in [6.07, 6.45) is 7.83. The standard InChI is InChI=1S/C44H48F2N10O4/c1-44(2,60-3)34-20-37-27(17-38(34)49-43(59)39-10-8-30-16-26(21-47)22-48-56(30)39)23-55(51-37)29-6-4-28(5-7-29)52-12-14-53(15-13-52)32-24-54(25-32)31-18-35(45)41(36(46)19-31)33-9-11-40(57)50-42(33)58/h8,10,16-20,22-23,28-29,32-33H,4-7,9,11-15,24-25H2,1-3H3,(H,49,59)(H,50,57,58)/t28?,29?,33-/m1/s1. The van der Waals surface area contributed by atoms with E-state index in [0.717, 1.165) is 68.3 Å². The van der Waals surface area contributed by atoms with Crippen LogP contribution >= 0.6 is 0 Å². The summed E-state index contributed by atoms with van der Waals surface area (Å²) in [4.78, 5) is 44.5. The molecular weight excluding hydrogens is 771 g/mol. The number of carbonyl (C=O) groups excluding carboxylic acids is 3. The molecule has 312 valence electrons. The predicted molar refractivity (Wildman–Crippen MR) is 220 cm³/mol. The van der Waals surface area contributed by atoms with Crippen LogP contribution in [0.25, 0.3) is 16.4 Å². The van der Waals surface area contributed by atoms with Crippen LogP contribution < -0.4 is 15.5 Å². The Morgan fingerprint density at radius 3 is 2.28 bits per heavy atom. The first-order valence-corrected chi connectivity index (χ1v) is 20.7. The van der Waals surface area contributed by atoms with Crippen molar-refractivity contribution in [3.05, 3.63) is 88.9 Å². The van der Waals surface area contributed by atoms with Crippen molar-refractivity contribution in [2.45, 2.75) is 82.0 Å². The number of halogens is 2. The van der Waals surface area contributed by atoms with Crippen LogP contribution in [0, 0.1) is 23.0 Å². The predicted octanol–water partition coefficient (Wildman–Crippen LogP) is 5.48. The van der Waals surface area contributed by atoms with Gasteiger partial charge in [0, 0.05) is 99.0 Å². The molecule has 6 heterocycles. The second-order valence-electron chi connectivity index (χ2n) is 17.1. The molecule has 60 heavy (non-hydrogen) atoms. The van der Waals surface area contributed by atoms with Crippen molar-refractivity contribution >= 4 is 45.5 Å². The van der Waals surface area contributed by atoms with E-state index in [2.05, 4.69) is 42.5 Å². The smallest absolute Gasteiger partial charge is 0.274 e. The average molecular weight is 819 g/mol. The van der Waals surface area contributed by atoms with Gasteiger partial charge >= 0.3 is 0 Å². The molecule has 0 spiro atoms. The summed E-state index contributed by atoms with van der Waals surface area (Å²) in [7, 11) is 1.65. The summed E-state index contributed by atoms with van der Waals surface area (Å²) in [5, 5.41) is 24.8. The number of piperidine rings is 1. The summed E-state index contributed by atoms with van der Waals surface area (Å²) < 4.78 is 39.8. The Morgan fingerprint density at radius 2 is 1.62 bits per heavy atom. The largest absolute Gasteiger partial charge is 0.374 e. The van der Waals surface area contributed by atoms with Crippen LogP contribution in [0.15, 0.2) is 54.9 Å². The van der Waals surface area contributed by atoms with E-state index in [0.29, 0.717) is 53.3 Å². The highest BCUT2D eigenvalue weighted by molar-refractivity contribution is 6.05. The van der Waals surface area contributed by atoms with Gasteiger partial charge in [0.15, 0.2) is 0 Å². The van der Waals surface area contributed by atoms with Gasteiger partial charge in [-0.2, -0.15) is 15.5 Å². The number of piperazine rings is 1. The SMILES string of the molecule is COC(C)(C)c1cc2nn(C3CCC(N4CCN(C5CN(c6cc(F)c([C@H]7CCC(=O)NC7=O)c(F)c6)C5)CC4)CC3)cc2cc1NC(=O)c1ccc2cc(C#N)cnn12. The molecule has 2 aromatic carbocycles. The van der Waals surface area contributed by atoms with E-state index in [1.54, 1.807) is 25.3 Å². The van der Waals surface area contributed by atoms with Gasteiger partial charge in [0.25, 0.3) is 5.91 Å². The lowest BCUT2D eigenvalue weighted by atomic mass is 9.89. The maximum absolute atomic E-state index is 15.2. The second-order valence-corrected chi connectivity index (χ2v) is 17.1. The van der Waals surface area contributed by atoms with Gasteiger partial charge in [-0.1, -0.05) is 0 Å². The maximum atomic E-state index is 15.2. The lowest BCUT2D eigenvalue weighted by Crippen LogP contribution is -2.64. The number of carbonyl (C=O) groups is 3. The van der Waals surface area contributed by atoms with E-state index < -0.39 is 35.0 Å². The van der Waals surface area contributed by atoms with E-state index in [4.69, 9.17) is 9.84 Å². The number of hydrogen-bond donors (Lipinski definition) is 2. The molecule has 1 atom stereocenters. The van der Waals surface area contributed by atoms with Crippen molar-refractivity contribution in [3.63, 3.8) is 0 Å². The number of amides is 3. The fraction of sp³-hybridized carbons (Fsp3) is 0.455. The molecule has 3 amide bonds. The van der Waals surface area contributed by atoms with Gasteiger partial charge in [-0.25, -0.2) is 13.3 Å². The van der Waals surface area contributed by atoms with Gasteiger partial charge < -0.3 is 15.0 Å². The first-order valence-electron chi connectivity index (χ1n) is 20.7. The Labute approximate surface area is 346 Å². The highest BCUT2D eigenvalue weighted by atomic mass is 19.1. The van der Waals surface area contributed by atoms with Gasteiger partial charge in [-0.3, -0.25) is 34.2 Å². The van der Waals surface area contributed by atoms with Crippen molar-refractivity contribution in [2.75, 3.05) is 56.6 Å². The Balaban J connectivity index is 0.795. The number of ether oxygens (including phenoxy) is 1. The summed E-state index contributed by atoms with van der Waals surface area (Å²) in [6.45, 7) is 9.12. The number of rotatable bonds is 9. The third-order valence-electron chi connectivity index (χ3n) is 13.2. The molecule has 0 radical (unpaired) electrons. The number of imide groups is 1. The number of hydrogen-bond acceptors (Lipinski definition) is 10. The van der Waals surface area contributed by atoms with E-state index in [9.17, 15) is 19.6 Å². The van der Waals surface area contributed by atoms with Crippen LogP contribution in [-0.4, -0.2) is 105 Å². The third kappa shape index (κ3) is 7.39. The van der Waals surface area contributed by atoms with Crippen LogP contribution in [-0.2, 0) is 19.9 Å². The molecule has 1 aliphatic carbocycles. The molecule has 4 fully saturated rings. The molecule has 4 aliphatic rings. The van der Waals surface area contributed by atoms with Crippen molar-refractivity contribution in [1.82, 2.24) is 34.5 Å². The fourth-order valence-corrected chi connectivity index (χ4v) is 9.52.